The van der Waals surface area contributed by atoms with Crippen molar-refractivity contribution in [1.29, 1.82) is 0 Å². The third kappa shape index (κ3) is 5.09. The average molecular weight is 708 g/mol. The molecule has 53 heavy (non-hydrogen) atoms. The van der Waals surface area contributed by atoms with Gasteiger partial charge in [-0.15, -0.1) is 4.98 Å². The Balaban J connectivity index is 1.40. The molecule has 8 rings (SSSR count). The minimum absolute atomic E-state index is 0.171. The average Bonchev–Trinajstić information content (AvgIpc) is 3.53. The zero-order chi connectivity index (χ0) is 36.9. The van der Waals surface area contributed by atoms with Crippen LogP contribution in [-0.2, 0) is 11.0 Å². The number of hydrogen-bond donors (Lipinski definition) is 0. The van der Waals surface area contributed by atoms with E-state index in [9.17, 15) is 0 Å². The number of hydrogen-bond acceptors (Lipinski definition) is 9. The number of benzene rings is 5. The summed E-state index contributed by atoms with van der Waals surface area (Å²) in [6.45, 7) is 4.57. The Hall–Kier alpha value is -6.09. The molecule has 268 valence electrons. The van der Waals surface area contributed by atoms with Crippen molar-refractivity contribution in [1.82, 2.24) is 15.0 Å². The van der Waals surface area contributed by atoms with Crippen molar-refractivity contribution < 1.29 is 28.4 Å². The van der Waals surface area contributed by atoms with E-state index < -0.39 is 5.60 Å². The second-order valence-electron chi connectivity index (χ2n) is 13.2. The SMILES string of the molecule is CCC1(CC)c2ccccc2-c2c1c1c(c3cc(OC)c(OC)cc23)OC(c2ccc(OC)cc2)(c2ccc(-c3nc(OC)nc(OC)n3)cc2)C=C1. The predicted octanol–water partition coefficient (Wildman–Crippen LogP) is 9.17. The Labute approximate surface area is 309 Å². The summed E-state index contributed by atoms with van der Waals surface area (Å²) in [6.07, 6.45) is 6.32. The number of aromatic nitrogens is 3. The Kier molecular flexibility index (Phi) is 8.44. The van der Waals surface area contributed by atoms with E-state index in [0.29, 0.717) is 17.3 Å². The first kappa shape index (κ1) is 34.0. The first-order valence-electron chi connectivity index (χ1n) is 17.7. The van der Waals surface area contributed by atoms with Crippen LogP contribution in [0.25, 0.3) is 39.4 Å². The fourth-order valence-corrected chi connectivity index (χ4v) is 8.31. The number of methoxy groups -OCH3 is 5. The van der Waals surface area contributed by atoms with Gasteiger partial charge >= 0.3 is 12.0 Å². The second kappa shape index (κ2) is 13.2. The van der Waals surface area contributed by atoms with Gasteiger partial charge < -0.3 is 28.4 Å². The van der Waals surface area contributed by atoms with Gasteiger partial charge in [-0.1, -0.05) is 80.6 Å². The first-order chi connectivity index (χ1) is 25.9. The van der Waals surface area contributed by atoms with Gasteiger partial charge in [-0.25, -0.2) is 0 Å². The highest BCUT2D eigenvalue weighted by Gasteiger charge is 2.47. The molecule has 0 amide bonds. The summed E-state index contributed by atoms with van der Waals surface area (Å²) in [5, 5.41) is 2.00. The van der Waals surface area contributed by atoms with Crippen molar-refractivity contribution in [2.75, 3.05) is 35.5 Å². The molecule has 0 saturated carbocycles. The molecule has 0 fully saturated rings. The molecule has 6 aromatic rings. The number of fused-ring (bicyclic) bond motifs is 8. The molecule has 0 spiro atoms. The molecule has 0 bridgehead atoms. The molecule has 1 unspecified atom stereocenters. The fraction of sp³-hybridized carbons (Fsp3) is 0.250. The van der Waals surface area contributed by atoms with Crippen molar-refractivity contribution in [3.05, 3.63) is 119 Å². The molecule has 2 heterocycles. The van der Waals surface area contributed by atoms with Crippen LogP contribution in [0.4, 0.5) is 0 Å². The summed E-state index contributed by atoms with van der Waals surface area (Å²) in [7, 11) is 8.04. The number of rotatable bonds is 10. The molecule has 0 saturated heterocycles. The minimum Gasteiger partial charge on any atom is -0.497 e. The zero-order valence-corrected chi connectivity index (χ0v) is 30.9. The lowest BCUT2D eigenvalue weighted by atomic mass is 9.71. The van der Waals surface area contributed by atoms with Crippen molar-refractivity contribution >= 4 is 16.8 Å². The van der Waals surface area contributed by atoms with Gasteiger partial charge in [0.2, 0.25) is 0 Å². The fourth-order valence-electron chi connectivity index (χ4n) is 8.31. The van der Waals surface area contributed by atoms with Gasteiger partial charge in [0.15, 0.2) is 22.9 Å². The molecular weight excluding hydrogens is 666 g/mol. The lowest BCUT2D eigenvalue weighted by Crippen LogP contribution is -2.35. The summed E-state index contributed by atoms with van der Waals surface area (Å²) in [5.74, 6) is 3.27. The summed E-state index contributed by atoms with van der Waals surface area (Å²) in [6, 6.07) is 29.4. The van der Waals surface area contributed by atoms with Crippen molar-refractivity contribution in [2.24, 2.45) is 0 Å². The number of nitrogens with zero attached hydrogens (tertiary/aromatic N) is 3. The highest BCUT2D eigenvalue weighted by molar-refractivity contribution is 6.09. The molecule has 9 heteroatoms. The van der Waals surface area contributed by atoms with Crippen LogP contribution < -0.4 is 28.4 Å². The highest BCUT2D eigenvalue weighted by atomic mass is 16.5. The van der Waals surface area contributed by atoms with E-state index in [1.165, 1.54) is 36.5 Å². The standard InChI is InChI=1S/C44H41N3O6/c1-8-43(9-2)34-13-11-10-12-30(34)37-32-24-35(49-4)36(50-5)25-33(32)39-31(38(37)43)22-23-44(53-39,28-18-20-29(48-3)21-19-28)27-16-14-26(15-17-27)40-45-41(51-6)47-42(46-40)52-7/h10-25H,8-9H2,1-7H3. The molecule has 1 aliphatic heterocycles. The zero-order valence-electron chi connectivity index (χ0n) is 30.9. The van der Waals surface area contributed by atoms with E-state index in [1.807, 2.05) is 24.3 Å². The summed E-state index contributed by atoms with van der Waals surface area (Å²) >= 11 is 0. The molecule has 0 radical (unpaired) electrons. The molecule has 1 aliphatic carbocycles. The van der Waals surface area contributed by atoms with Crippen LogP contribution in [0.2, 0.25) is 0 Å². The lowest BCUT2D eigenvalue weighted by Gasteiger charge is -2.39. The molecule has 0 N–H and O–H groups in total. The first-order valence-corrected chi connectivity index (χ1v) is 17.7. The summed E-state index contributed by atoms with van der Waals surface area (Å²) in [5.41, 5.74) is 7.55. The molecule has 1 atom stereocenters. The van der Waals surface area contributed by atoms with Crippen molar-refractivity contribution in [3.63, 3.8) is 0 Å². The van der Waals surface area contributed by atoms with Crippen LogP contribution in [0.5, 0.6) is 35.0 Å². The van der Waals surface area contributed by atoms with E-state index in [0.717, 1.165) is 57.4 Å². The van der Waals surface area contributed by atoms with Gasteiger partial charge in [-0.3, -0.25) is 0 Å². The van der Waals surface area contributed by atoms with Crippen LogP contribution in [0.1, 0.15) is 54.5 Å². The van der Waals surface area contributed by atoms with Crippen LogP contribution in [-0.4, -0.2) is 50.5 Å². The smallest absolute Gasteiger partial charge is 0.322 e. The van der Waals surface area contributed by atoms with Crippen LogP contribution in [0.15, 0.2) is 91.0 Å². The van der Waals surface area contributed by atoms with Crippen LogP contribution in [0.3, 0.4) is 0 Å². The second-order valence-corrected chi connectivity index (χ2v) is 13.2. The molecule has 2 aliphatic rings. The molecule has 9 nitrogen and oxygen atoms in total. The van der Waals surface area contributed by atoms with Crippen LogP contribution in [0, 0.1) is 0 Å². The molecular formula is C44H41N3O6. The van der Waals surface area contributed by atoms with Gasteiger partial charge in [0, 0.05) is 33.1 Å². The van der Waals surface area contributed by atoms with E-state index >= 15 is 0 Å². The maximum absolute atomic E-state index is 7.57. The van der Waals surface area contributed by atoms with Crippen molar-refractivity contribution in [2.45, 2.75) is 37.7 Å². The maximum atomic E-state index is 7.57. The van der Waals surface area contributed by atoms with Gasteiger partial charge in [0.05, 0.1) is 35.5 Å². The maximum Gasteiger partial charge on any atom is 0.322 e. The monoisotopic (exact) mass is 707 g/mol. The Morgan fingerprint density at radius 1 is 0.642 bits per heavy atom. The van der Waals surface area contributed by atoms with Crippen LogP contribution >= 0.6 is 0 Å². The van der Waals surface area contributed by atoms with E-state index in [-0.39, 0.29) is 17.4 Å². The third-order valence-corrected chi connectivity index (χ3v) is 11.0. The summed E-state index contributed by atoms with van der Waals surface area (Å²) < 4.78 is 35.6. The van der Waals surface area contributed by atoms with Crippen molar-refractivity contribution in [3.8, 4) is 57.5 Å². The third-order valence-electron chi connectivity index (χ3n) is 11.0. The Morgan fingerprint density at radius 2 is 1.25 bits per heavy atom. The van der Waals surface area contributed by atoms with E-state index in [2.05, 4.69) is 102 Å². The number of ether oxygens (including phenoxy) is 6. The molecule has 1 aromatic heterocycles. The lowest BCUT2D eigenvalue weighted by molar-refractivity contribution is 0.163. The Morgan fingerprint density at radius 3 is 1.83 bits per heavy atom. The normalized spacial score (nSPS) is 16.3. The van der Waals surface area contributed by atoms with E-state index in [1.54, 1.807) is 21.3 Å². The Bertz CT molecular complexity index is 2360. The van der Waals surface area contributed by atoms with E-state index in [4.69, 9.17) is 28.4 Å². The van der Waals surface area contributed by atoms with Gasteiger partial charge in [-0.2, -0.15) is 9.97 Å². The largest absolute Gasteiger partial charge is 0.497 e. The van der Waals surface area contributed by atoms with Gasteiger partial charge in [-0.05, 0) is 70.8 Å². The predicted molar refractivity (Wildman–Crippen MR) is 206 cm³/mol. The minimum atomic E-state index is -1.02. The van der Waals surface area contributed by atoms with Gasteiger partial charge in [0.1, 0.15) is 11.5 Å². The molecule has 5 aromatic carbocycles. The highest BCUT2D eigenvalue weighted by Crippen LogP contribution is 2.61. The summed E-state index contributed by atoms with van der Waals surface area (Å²) in [4.78, 5) is 13.1. The quantitative estimate of drug-likeness (QED) is 0.138. The topological polar surface area (TPSA) is 94.1 Å². The van der Waals surface area contributed by atoms with Gasteiger partial charge in [0.25, 0.3) is 0 Å².